The third kappa shape index (κ3) is 3.35. The lowest BCUT2D eigenvalue weighted by molar-refractivity contribution is 0.101. The number of imidazole rings is 1. The second kappa shape index (κ2) is 7.61. The zero-order valence-corrected chi connectivity index (χ0v) is 16.5. The molecule has 0 saturated carbocycles. The van der Waals surface area contributed by atoms with E-state index in [0.29, 0.717) is 23.0 Å². The van der Waals surface area contributed by atoms with Gasteiger partial charge in [0, 0.05) is 6.92 Å². The molecule has 3 aromatic heterocycles. The van der Waals surface area contributed by atoms with Crippen LogP contribution in [-0.4, -0.2) is 35.6 Å². The molecule has 3 heterocycles. The van der Waals surface area contributed by atoms with Crippen molar-refractivity contribution >= 4 is 22.8 Å². The van der Waals surface area contributed by atoms with Crippen molar-refractivity contribution in [2.75, 3.05) is 5.32 Å². The second-order valence-corrected chi connectivity index (χ2v) is 6.70. The maximum absolute atomic E-state index is 13.8. The summed E-state index contributed by atoms with van der Waals surface area (Å²) in [5.41, 5.74) is 0.693. The molecule has 1 amide bonds. The third-order valence-corrected chi connectivity index (χ3v) is 4.58. The van der Waals surface area contributed by atoms with Crippen LogP contribution in [0.15, 0.2) is 59.3 Å². The topological polar surface area (TPSA) is 112 Å². The molecular weight excluding hydrogens is 420 g/mol. The molecule has 0 aliphatic rings. The SMILES string of the molecule is Cc1nnc(-c2nc3ccccc3n2-c2cnc(NC(=O)c3c(F)cccc3F)cn2)o1. The molecule has 1 N–H and O–H groups in total. The number of hydrogen-bond acceptors (Lipinski definition) is 7. The molecule has 5 rings (SSSR count). The van der Waals surface area contributed by atoms with Gasteiger partial charge in [-0.25, -0.2) is 23.7 Å². The fourth-order valence-electron chi connectivity index (χ4n) is 3.18. The third-order valence-electron chi connectivity index (χ3n) is 4.58. The quantitative estimate of drug-likeness (QED) is 0.460. The molecule has 0 spiro atoms. The lowest BCUT2D eigenvalue weighted by Crippen LogP contribution is -2.17. The van der Waals surface area contributed by atoms with Crippen LogP contribution in [0.3, 0.4) is 0 Å². The summed E-state index contributed by atoms with van der Waals surface area (Å²) in [4.78, 5) is 25.3. The van der Waals surface area contributed by atoms with E-state index in [0.717, 1.165) is 17.6 Å². The highest BCUT2D eigenvalue weighted by atomic mass is 19.1. The average Bonchev–Trinajstić information content (AvgIpc) is 3.38. The number of fused-ring (bicyclic) bond motifs is 1. The highest BCUT2D eigenvalue weighted by molar-refractivity contribution is 6.04. The lowest BCUT2D eigenvalue weighted by atomic mass is 10.2. The first-order valence-corrected chi connectivity index (χ1v) is 9.37. The Bertz CT molecular complexity index is 1440. The summed E-state index contributed by atoms with van der Waals surface area (Å²) in [6.45, 7) is 1.67. The maximum atomic E-state index is 13.8. The van der Waals surface area contributed by atoms with Crippen LogP contribution in [-0.2, 0) is 0 Å². The predicted molar refractivity (Wildman–Crippen MR) is 109 cm³/mol. The Morgan fingerprint density at radius 1 is 1.00 bits per heavy atom. The first-order chi connectivity index (χ1) is 15.5. The van der Waals surface area contributed by atoms with Gasteiger partial charge in [0.1, 0.15) is 17.2 Å². The van der Waals surface area contributed by atoms with Gasteiger partial charge in [0.05, 0.1) is 23.4 Å². The Labute approximate surface area is 178 Å². The molecule has 0 atom stereocenters. The molecule has 0 fully saturated rings. The number of aryl methyl sites for hydroxylation is 1. The first kappa shape index (κ1) is 19.4. The van der Waals surface area contributed by atoms with E-state index in [-0.39, 0.29) is 11.7 Å². The first-order valence-electron chi connectivity index (χ1n) is 9.37. The summed E-state index contributed by atoms with van der Waals surface area (Å²) in [6.07, 6.45) is 2.65. The van der Waals surface area contributed by atoms with Crippen molar-refractivity contribution < 1.29 is 18.0 Å². The van der Waals surface area contributed by atoms with E-state index >= 15 is 0 Å². The van der Waals surface area contributed by atoms with Crippen LogP contribution in [0.1, 0.15) is 16.2 Å². The van der Waals surface area contributed by atoms with Crippen LogP contribution in [0.4, 0.5) is 14.6 Å². The zero-order valence-electron chi connectivity index (χ0n) is 16.5. The summed E-state index contributed by atoms with van der Waals surface area (Å²) in [7, 11) is 0. The van der Waals surface area contributed by atoms with E-state index in [4.69, 9.17) is 4.42 Å². The number of carbonyl (C=O) groups is 1. The molecule has 0 aliphatic carbocycles. The zero-order chi connectivity index (χ0) is 22.2. The summed E-state index contributed by atoms with van der Waals surface area (Å²) in [5, 5.41) is 10.2. The van der Waals surface area contributed by atoms with Crippen LogP contribution < -0.4 is 5.32 Å². The van der Waals surface area contributed by atoms with Gasteiger partial charge >= 0.3 is 0 Å². The standard InChI is InChI=1S/C21H13F2N7O2/c1-11-28-29-21(32-11)19-26-14-7-2-3-8-15(14)30(19)17-10-24-16(9-25-17)27-20(31)18-12(22)5-4-6-13(18)23/h2-10H,1H3,(H,24,27,31). The number of anilines is 1. The number of aromatic nitrogens is 6. The van der Waals surface area contributed by atoms with E-state index in [1.54, 1.807) is 11.5 Å². The minimum atomic E-state index is -0.976. The number of hydrogen-bond donors (Lipinski definition) is 1. The van der Waals surface area contributed by atoms with Gasteiger partial charge in [-0.2, -0.15) is 0 Å². The van der Waals surface area contributed by atoms with Gasteiger partial charge in [-0.15, -0.1) is 10.2 Å². The fraction of sp³-hybridized carbons (Fsp3) is 0.0476. The highest BCUT2D eigenvalue weighted by Crippen LogP contribution is 2.27. The van der Waals surface area contributed by atoms with Gasteiger partial charge in [-0.1, -0.05) is 18.2 Å². The maximum Gasteiger partial charge on any atom is 0.284 e. The fourth-order valence-corrected chi connectivity index (χ4v) is 3.18. The molecule has 9 nitrogen and oxygen atoms in total. The molecule has 2 aromatic carbocycles. The number of halogens is 2. The summed E-state index contributed by atoms with van der Waals surface area (Å²) >= 11 is 0. The molecule has 5 aromatic rings. The molecular formula is C21H13F2N7O2. The molecule has 0 bridgehead atoms. The molecule has 0 radical (unpaired) electrons. The van der Waals surface area contributed by atoms with Gasteiger partial charge in [0.2, 0.25) is 11.7 Å². The van der Waals surface area contributed by atoms with Crippen molar-refractivity contribution in [3.63, 3.8) is 0 Å². The van der Waals surface area contributed by atoms with E-state index in [1.165, 1.54) is 18.5 Å². The monoisotopic (exact) mass is 433 g/mol. The normalized spacial score (nSPS) is 11.1. The Morgan fingerprint density at radius 3 is 2.47 bits per heavy atom. The van der Waals surface area contributed by atoms with Crippen molar-refractivity contribution in [2.45, 2.75) is 6.92 Å². The number of carbonyl (C=O) groups excluding carboxylic acids is 1. The number of nitrogens with zero attached hydrogens (tertiary/aromatic N) is 6. The van der Waals surface area contributed by atoms with E-state index < -0.39 is 23.1 Å². The molecule has 0 unspecified atom stereocenters. The van der Waals surface area contributed by atoms with Gasteiger partial charge in [0.15, 0.2) is 11.6 Å². The van der Waals surface area contributed by atoms with Gasteiger partial charge in [-0.05, 0) is 24.3 Å². The minimum Gasteiger partial charge on any atom is -0.418 e. The highest BCUT2D eigenvalue weighted by Gasteiger charge is 2.21. The smallest absolute Gasteiger partial charge is 0.284 e. The number of rotatable bonds is 4. The van der Waals surface area contributed by atoms with Gasteiger partial charge < -0.3 is 9.73 Å². The summed E-state index contributed by atoms with van der Waals surface area (Å²) in [5.74, 6) is -1.60. The Kier molecular flexibility index (Phi) is 4.62. The Morgan fingerprint density at radius 2 is 1.78 bits per heavy atom. The number of para-hydroxylation sites is 2. The van der Waals surface area contributed by atoms with Crippen LogP contribution in [0.25, 0.3) is 28.6 Å². The molecule has 0 saturated heterocycles. The molecule has 158 valence electrons. The second-order valence-electron chi connectivity index (χ2n) is 6.70. The number of benzene rings is 2. The Balaban J connectivity index is 1.51. The van der Waals surface area contributed by atoms with Crippen LogP contribution in [0.2, 0.25) is 0 Å². The van der Waals surface area contributed by atoms with Crippen molar-refractivity contribution in [1.82, 2.24) is 29.7 Å². The van der Waals surface area contributed by atoms with Crippen LogP contribution >= 0.6 is 0 Å². The predicted octanol–water partition coefficient (Wildman–Crippen LogP) is 3.70. The minimum absolute atomic E-state index is 0.0148. The average molecular weight is 433 g/mol. The largest absolute Gasteiger partial charge is 0.418 e. The molecule has 32 heavy (non-hydrogen) atoms. The van der Waals surface area contributed by atoms with Crippen LogP contribution in [0, 0.1) is 18.6 Å². The van der Waals surface area contributed by atoms with E-state index in [1.807, 2.05) is 24.3 Å². The van der Waals surface area contributed by atoms with E-state index in [9.17, 15) is 13.6 Å². The molecule has 0 aliphatic heterocycles. The Hall–Kier alpha value is -4.54. The van der Waals surface area contributed by atoms with E-state index in [2.05, 4.69) is 30.5 Å². The number of amides is 1. The molecule has 11 heteroatoms. The van der Waals surface area contributed by atoms with Crippen molar-refractivity contribution in [3.05, 3.63) is 77.9 Å². The summed E-state index contributed by atoms with van der Waals surface area (Å²) < 4.78 is 34.9. The van der Waals surface area contributed by atoms with Gasteiger partial charge in [-0.3, -0.25) is 9.36 Å². The van der Waals surface area contributed by atoms with Crippen molar-refractivity contribution in [3.8, 4) is 17.5 Å². The van der Waals surface area contributed by atoms with Crippen LogP contribution in [0.5, 0.6) is 0 Å². The van der Waals surface area contributed by atoms with Crippen molar-refractivity contribution in [2.24, 2.45) is 0 Å². The van der Waals surface area contributed by atoms with Gasteiger partial charge in [0.25, 0.3) is 11.8 Å². The lowest BCUT2D eigenvalue weighted by Gasteiger charge is -2.08. The summed E-state index contributed by atoms with van der Waals surface area (Å²) in [6, 6.07) is 10.5. The number of nitrogens with one attached hydrogen (secondary N) is 1. The van der Waals surface area contributed by atoms with Crippen molar-refractivity contribution in [1.29, 1.82) is 0 Å².